The van der Waals surface area contributed by atoms with Crippen molar-refractivity contribution in [3.8, 4) is 34.2 Å². The van der Waals surface area contributed by atoms with Crippen LogP contribution in [0.2, 0.25) is 0 Å². The Morgan fingerprint density at radius 2 is 0.405 bits per heavy atom. The summed E-state index contributed by atoms with van der Waals surface area (Å²) < 4.78 is 0. The Kier molecular flexibility index (Phi) is 11.4. The minimum Gasteiger partial charge on any atom is -0.255 e. The van der Waals surface area contributed by atoms with Gasteiger partial charge in [-0.25, -0.2) is 0 Å². The summed E-state index contributed by atoms with van der Waals surface area (Å²) in [6.07, 6.45) is 10.6. The van der Waals surface area contributed by atoms with Crippen LogP contribution in [0.5, 0.6) is 0 Å². The van der Waals surface area contributed by atoms with E-state index in [4.69, 9.17) is 0 Å². The summed E-state index contributed by atoms with van der Waals surface area (Å²) in [7, 11) is 0. The second kappa shape index (κ2) is 15.5. The molecule has 1 radical (unpaired) electrons. The fourth-order valence-electron chi connectivity index (χ4n) is 3.09. The molecule has 0 fully saturated rings. The standard InChI is InChI=1S/3C10H8N2.Rh/c3*1-3-7-11-9(5-1)10-6-2-4-8-12-10;/h3*1-8H;/q;;;+2. The molecule has 7 heteroatoms. The molecule has 6 rings (SSSR count). The van der Waals surface area contributed by atoms with Crippen molar-refractivity contribution in [1.82, 2.24) is 29.9 Å². The summed E-state index contributed by atoms with van der Waals surface area (Å²) in [6, 6.07) is 34.8. The monoisotopic (exact) mass is 571 g/mol. The maximum atomic E-state index is 4.19. The minimum absolute atomic E-state index is 0. The summed E-state index contributed by atoms with van der Waals surface area (Å²) in [6.45, 7) is 0. The van der Waals surface area contributed by atoms with Crippen molar-refractivity contribution < 1.29 is 19.5 Å². The van der Waals surface area contributed by atoms with Gasteiger partial charge in [0.25, 0.3) is 0 Å². The van der Waals surface area contributed by atoms with Gasteiger partial charge in [-0.15, -0.1) is 0 Å². The molecule has 6 nitrogen and oxygen atoms in total. The molecule has 6 aromatic rings. The SMILES string of the molecule is [Rh+2].c1ccc(-c2ccccn2)nc1.c1ccc(-c2ccccn2)nc1.c1ccc(-c2ccccn2)nc1. The van der Waals surface area contributed by atoms with Crippen LogP contribution in [0.15, 0.2) is 146 Å². The molecule has 0 unspecified atom stereocenters. The van der Waals surface area contributed by atoms with E-state index in [0.29, 0.717) is 0 Å². The minimum atomic E-state index is 0. The molecule has 37 heavy (non-hydrogen) atoms. The van der Waals surface area contributed by atoms with Gasteiger partial charge in [-0.2, -0.15) is 0 Å². The van der Waals surface area contributed by atoms with Crippen LogP contribution < -0.4 is 0 Å². The Morgan fingerprint density at radius 3 is 0.514 bits per heavy atom. The number of hydrogen-bond acceptors (Lipinski definition) is 6. The van der Waals surface area contributed by atoms with E-state index in [9.17, 15) is 0 Å². The van der Waals surface area contributed by atoms with E-state index in [0.717, 1.165) is 34.2 Å². The maximum Gasteiger partial charge on any atom is 2.00 e. The Bertz CT molecular complexity index is 1100. The van der Waals surface area contributed by atoms with Gasteiger partial charge < -0.3 is 0 Å². The molecule has 0 bridgehead atoms. The van der Waals surface area contributed by atoms with E-state index >= 15 is 0 Å². The number of aromatic nitrogens is 6. The zero-order chi connectivity index (χ0) is 24.7. The number of nitrogens with zero attached hydrogens (tertiary/aromatic N) is 6. The van der Waals surface area contributed by atoms with Gasteiger partial charge in [0, 0.05) is 37.2 Å². The molecule has 0 atom stereocenters. The molecule has 0 aliphatic rings. The largest absolute Gasteiger partial charge is 2.00 e. The zero-order valence-corrected chi connectivity index (χ0v) is 21.5. The Balaban J connectivity index is 0.000000152. The number of rotatable bonds is 3. The first-order valence-corrected chi connectivity index (χ1v) is 11.4. The number of pyridine rings is 6. The van der Waals surface area contributed by atoms with Gasteiger partial charge in [0.2, 0.25) is 0 Å². The van der Waals surface area contributed by atoms with Crippen molar-refractivity contribution in [2.24, 2.45) is 0 Å². The molecule has 181 valence electrons. The van der Waals surface area contributed by atoms with E-state index in [1.54, 1.807) is 37.2 Å². The molecule has 0 aliphatic heterocycles. The summed E-state index contributed by atoms with van der Waals surface area (Å²) >= 11 is 0. The fourth-order valence-corrected chi connectivity index (χ4v) is 3.09. The first-order chi connectivity index (χ1) is 17.9. The fraction of sp³-hybridized carbons (Fsp3) is 0. The Labute approximate surface area is 229 Å². The van der Waals surface area contributed by atoms with Crippen molar-refractivity contribution in [2.45, 2.75) is 0 Å². The van der Waals surface area contributed by atoms with E-state index in [1.165, 1.54) is 0 Å². The zero-order valence-electron chi connectivity index (χ0n) is 19.9. The van der Waals surface area contributed by atoms with E-state index < -0.39 is 0 Å². The van der Waals surface area contributed by atoms with Crippen LogP contribution in [0, 0.1) is 0 Å². The van der Waals surface area contributed by atoms with Crippen LogP contribution in [0.25, 0.3) is 34.2 Å². The second-order valence-corrected chi connectivity index (χ2v) is 7.29. The van der Waals surface area contributed by atoms with Gasteiger partial charge in [-0.05, 0) is 72.8 Å². The van der Waals surface area contributed by atoms with Crippen LogP contribution in [0.4, 0.5) is 0 Å². The van der Waals surface area contributed by atoms with Gasteiger partial charge >= 0.3 is 19.5 Å². The smallest absolute Gasteiger partial charge is 0.255 e. The van der Waals surface area contributed by atoms with Gasteiger partial charge in [-0.1, -0.05) is 36.4 Å². The van der Waals surface area contributed by atoms with Crippen LogP contribution in [-0.2, 0) is 19.5 Å². The molecule has 0 aromatic carbocycles. The van der Waals surface area contributed by atoms with E-state index in [-0.39, 0.29) is 19.5 Å². The molecule has 0 aliphatic carbocycles. The van der Waals surface area contributed by atoms with Crippen LogP contribution in [0.3, 0.4) is 0 Å². The molecule has 0 saturated heterocycles. The maximum absolute atomic E-state index is 4.19. The Hall–Kier alpha value is -4.48. The van der Waals surface area contributed by atoms with Crippen molar-refractivity contribution in [2.75, 3.05) is 0 Å². The second-order valence-electron chi connectivity index (χ2n) is 7.29. The average molecular weight is 571 g/mol. The number of hydrogen-bond donors (Lipinski definition) is 0. The summed E-state index contributed by atoms with van der Waals surface area (Å²) in [5, 5.41) is 0. The van der Waals surface area contributed by atoms with Crippen molar-refractivity contribution in [1.29, 1.82) is 0 Å². The van der Waals surface area contributed by atoms with Gasteiger partial charge in [-0.3, -0.25) is 29.9 Å². The van der Waals surface area contributed by atoms with Gasteiger partial charge in [0.1, 0.15) is 0 Å². The third-order valence-corrected chi connectivity index (χ3v) is 4.78. The molecule has 0 saturated carbocycles. The van der Waals surface area contributed by atoms with Crippen LogP contribution in [-0.4, -0.2) is 29.9 Å². The molecule has 6 aromatic heterocycles. The molecule has 6 heterocycles. The summed E-state index contributed by atoms with van der Waals surface area (Å²) in [4.78, 5) is 25.1. The quantitative estimate of drug-likeness (QED) is 0.228. The molecule has 0 N–H and O–H groups in total. The van der Waals surface area contributed by atoms with Crippen LogP contribution in [0.1, 0.15) is 0 Å². The molecule has 0 spiro atoms. The average Bonchev–Trinajstić information content (AvgIpc) is 3.01. The third kappa shape index (κ3) is 8.91. The van der Waals surface area contributed by atoms with Crippen molar-refractivity contribution in [3.05, 3.63) is 146 Å². The summed E-state index contributed by atoms with van der Waals surface area (Å²) in [5.41, 5.74) is 5.49. The van der Waals surface area contributed by atoms with Crippen LogP contribution >= 0.6 is 0 Å². The molecule has 0 amide bonds. The summed E-state index contributed by atoms with van der Waals surface area (Å²) in [5.74, 6) is 0. The van der Waals surface area contributed by atoms with E-state index in [2.05, 4.69) is 29.9 Å². The topological polar surface area (TPSA) is 77.3 Å². The van der Waals surface area contributed by atoms with Crippen molar-refractivity contribution in [3.63, 3.8) is 0 Å². The van der Waals surface area contributed by atoms with Gasteiger partial charge in [0.05, 0.1) is 34.2 Å². The first kappa shape index (κ1) is 27.1. The van der Waals surface area contributed by atoms with E-state index in [1.807, 2.05) is 109 Å². The molecular formula is C30H24N6Rh+2. The Morgan fingerprint density at radius 1 is 0.243 bits per heavy atom. The predicted octanol–water partition coefficient (Wildman–Crippen LogP) is 6.43. The predicted molar refractivity (Wildman–Crippen MR) is 142 cm³/mol. The molecular weight excluding hydrogens is 547 g/mol. The van der Waals surface area contributed by atoms with Crippen molar-refractivity contribution >= 4 is 0 Å². The first-order valence-electron chi connectivity index (χ1n) is 11.4. The third-order valence-electron chi connectivity index (χ3n) is 4.78. The normalized spacial score (nSPS) is 9.41. The van der Waals surface area contributed by atoms with Gasteiger partial charge in [0.15, 0.2) is 0 Å².